The smallest absolute Gasteiger partial charge is 0.226 e. The fourth-order valence-electron chi connectivity index (χ4n) is 4.28. The number of benzene rings is 2. The first-order chi connectivity index (χ1) is 12.7. The van der Waals surface area contributed by atoms with Crippen LogP contribution in [-0.2, 0) is 24.3 Å². The van der Waals surface area contributed by atoms with Gasteiger partial charge < -0.3 is 9.80 Å². The van der Waals surface area contributed by atoms with E-state index in [0.29, 0.717) is 5.91 Å². The van der Waals surface area contributed by atoms with Crippen LogP contribution in [0, 0.1) is 5.92 Å². The lowest BCUT2D eigenvalue weighted by atomic mass is 9.93. The Bertz CT molecular complexity index is 766. The first-order valence-electron chi connectivity index (χ1n) is 9.62. The van der Waals surface area contributed by atoms with Crippen LogP contribution in [0.1, 0.15) is 29.5 Å². The van der Waals surface area contributed by atoms with Crippen molar-refractivity contribution >= 4 is 17.5 Å². The molecule has 0 bridgehead atoms. The van der Waals surface area contributed by atoms with Gasteiger partial charge in [-0.05, 0) is 29.7 Å². The summed E-state index contributed by atoms with van der Waals surface area (Å²) in [6, 6.07) is 16.7. The van der Waals surface area contributed by atoms with Gasteiger partial charge >= 0.3 is 0 Å². The topological polar surface area (TPSA) is 24.8 Å². The zero-order chi connectivity index (χ0) is 17.9. The molecule has 0 radical (unpaired) electrons. The van der Waals surface area contributed by atoms with Crippen LogP contribution in [0.4, 0.5) is 0 Å². The summed E-state index contributed by atoms with van der Waals surface area (Å²) < 4.78 is 0. The third-order valence-corrected chi connectivity index (χ3v) is 6.10. The lowest BCUT2D eigenvalue weighted by Gasteiger charge is -2.34. The molecule has 4 heteroatoms. The summed E-state index contributed by atoms with van der Waals surface area (Å²) in [7, 11) is 0. The molecule has 2 aliphatic heterocycles. The van der Waals surface area contributed by atoms with Gasteiger partial charge in [0.1, 0.15) is 6.54 Å². The van der Waals surface area contributed by atoms with Crippen molar-refractivity contribution in [2.75, 3.05) is 19.6 Å². The predicted molar refractivity (Wildman–Crippen MR) is 104 cm³/mol. The van der Waals surface area contributed by atoms with E-state index in [-0.39, 0.29) is 5.92 Å². The highest BCUT2D eigenvalue weighted by Crippen LogP contribution is 2.22. The van der Waals surface area contributed by atoms with E-state index in [2.05, 4.69) is 41.3 Å². The molecule has 2 aromatic carbocycles. The molecule has 0 unspecified atom stereocenters. The molecule has 1 fully saturated rings. The molecule has 0 aliphatic carbocycles. The van der Waals surface area contributed by atoms with Crippen molar-refractivity contribution in [1.29, 1.82) is 0 Å². The minimum atomic E-state index is 0.203. The van der Waals surface area contributed by atoms with Gasteiger partial charge in [-0.3, -0.25) is 4.79 Å². The van der Waals surface area contributed by atoms with E-state index in [1.54, 1.807) is 4.90 Å². The normalized spacial score (nSPS) is 22.7. The number of nitrogens with one attached hydrogen (secondary N) is 1. The predicted octanol–water partition coefficient (Wildman–Crippen LogP) is 2.72. The lowest BCUT2D eigenvalue weighted by Crippen LogP contribution is -3.11. The number of piperidine rings is 1. The van der Waals surface area contributed by atoms with E-state index < -0.39 is 0 Å². The summed E-state index contributed by atoms with van der Waals surface area (Å²) in [5, 5.41) is 0.788. The number of halogens is 1. The minimum Gasteiger partial charge on any atom is -0.338 e. The molecule has 2 heterocycles. The van der Waals surface area contributed by atoms with Gasteiger partial charge in [-0.2, -0.15) is 0 Å². The van der Waals surface area contributed by atoms with Crippen LogP contribution in [0.5, 0.6) is 0 Å². The number of fused-ring (bicyclic) bond motifs is 1. The Kier molecular flexibility index (Phi) is 5.28. The van der Waals surface area contributed by atoms with E-state index in [1.807, 2.05) is 12.1 Å². The zero-order valence-corrected chi connectivity index (χ0v) is 15.8. The first-order valence-corrected chi connectivity index (χ1v) is 10.0. The number of nitrogens with zero attached hydrogens (tertiary/aromatic N) is 1. The van der Waals surface area contributed by atoms with Crippen LogP contribution >= 0.6 is 11.6 Å². The highest BCUT2D eigenvalue weighted by atomic mass is 35.5. The summed E-state index contributed by atoms with van der Waals surface area (Å²) in [5.74, 6) is 0.569. The van der Waals surface area contributed by atoms with Crippen LogP contribution in [0.2, 0.25) is 5.02 Å². The van der Waals surface area contributed by atoms with Crippen LogP contribution in [0.3, 0.4) is 0 Å². The van der Waals surface area contributed by atoms with Crippen molar-refractivity contribution in [2.45, 2.75) is 32.4 Å². The summed E-state index contributed by atoms with van der Waals surface area (Å²) in [6.07, 6.45) is 2.99. The van der Waals surface area contributed by atoms with Gasteiger partial charge in [-0.15, -0.1) is 0 Å². The zero-order valence-electron chi connectivity index (χ0n) is 15.1. The van der Waals surface area contributed by atoms with Gasteiger partial charge in [-0.25, -0.2) is 0 Å². The molecule has 1 N–H and O–H groups in total. The van der Waals surface area contributed by atoms with Crippen molar-refractivity contribution < 1.29 is 9.69 Å². The fraction of sp³-hybridized carbons (Fsp3) is 0.409. The van der Waals surface area contributed by atoms with Gasteiger partial charge in [0.25, 0.3) is 0 Å². The molecule has 0 saturated carbocycles. The maximum Gasteiger partial charge on any atom is 0.226 e. The summed E-state index contributed by atoms with van der Waals surface area (Å²) in [4.78, 5) is 16.6. The van der Waals surface area contributed by atoms with E-state index in [4.69, 9.17) is 11.6 Å². The monoisotopic (exact) mass is 369 g/mol. The molecule has 0 aromatic heterocycles. The fourth-order valence-corrected chi connectivity index (χ4v) is 4.41. The number of hydrogen-bond acceptors (Lipinski definition) is 1. The van der Waals surface area contributed by atoms with Crippen molar-refractivity contribution in [3.05, 3.63) is 70.2 Å². The molecule has 136 valence electrons. The highest BCUT2D eigenvalue weighted by molar-refractivity contribution is 6.30. The van der Waals surface area contributed by atoms with E-state index in [9.17, 15) is 4.79 Å². The second-order valence-electron chi connectivity index (χ2n) is 7.61. The molecule has 2 aliphatic rings. The number of likely N-dealkylation sites (tertiary alicyclic amines) is 1. The maximum absolute atomic E-state index is 13.0. The van der Waals surface area contributed by atoms with Crippen molar-refractivity contribution in [3.8, 4) is 0 Å². The van der Waals surface area contributed by atoms with E-state index in [0.717, 1.165) is 57.0 Å². The second kappa shape index (κ2) is 7.81. The summed E-state index contributed by atoms with van der Waals surface area (Å²) >= 11 is 5.96. The van der Waals surface area contributed by atoms with Gasteiger partial charge in [0, 0.05) is 42.4 Å². The number of carbonyl (C=O) groups excluding carboxylic acids is 1. The summed E-state index contributed by atoms with van der Waals surface area (Å²) in [6.45, 7) is 4.82. The Morgan fingerprint density at radius 1 is 1.04 bits per heavy atom. The molecule has 2 aromatic rings. The molecule has 26 heavy (non-hydrogen) atoms. The van der Waals surface area contributed by atoms with Gasteiger partial charge in [0.05, 0.1) is 13.1 Å². The Balaban J connectivity index is 1.30. The average Bonchev–Trinajstić information content (AvgIpc) is 2.69. The van der Waals surface area contributed by atoms with Crippen molar-refractivity contribution in [1.82, 2.24) is 4.90 Å². The van der Waals surface area contributed by atoms with Gasteiger partial charge in [-0.1, -0.05) is 48.0 Å². The molecule has 1 amide bonds. The first kappa shape index (κ1) is 17.6. The van der Waals surface area contributed by atoms with Crippen LogP contribution in [0.15, 0.2) is 48.5 Å². The highest BCUT2D eigenvalue weighted by Gasteiger charge is 2.31. The number of amides is 1. The Labute approximate surface area is 160 Å². The summed E-state index contributed by atoms with van der Waals surface area (Å²) in [5.41, 5.74) is 4.04. The van der Waals surface area contributed by atoms with E-state index in [1.165, 1.54) is 16.7 Å². The average molecular weight is 370 g/mol. The molecular formula is C22H26ClN2O+. The van der Waals surface area contributed by atoms with Gasteiger partial charge in [0.2, 0.25) is 5.91 Å². The Morgan fingerprint density at radius 3 is 2.46 bits per heavy atom. The second-order valence-corrected chi connectivity index (χ2v) is 8.04. The Morgan fingerprint density at radius 2 is 1.73 bits per heavy atom. The molecule has 4 rings (SSSR count). The molecule has 0 spiro atoms. The SMILES string of the molecule is O=C(C1CC[NH+](Cc2ccc(Cl)cc2)CC1)N1CCc2ccccc2C1. The van der Waals surface area contributed by atoms with Crippen molar-refractivity contribution in [3.63, 3.8) is 0 Å². The third kappa shape index (κ3) is 3.94. The van der Waals surface area contributed by atoms with Crippen LogP contribution in [0.25, 0.3) is 0 Å². The third-order valence-electron chi connectivity index (χ3n) is 5.85. The lowest BCUT2D eigenvalue weighted by molar-refractivity contribution is -0.919. The maximum atomic E-state index is 13.0. The molecule has 0 atom stereocenters. The largest absolute Gasteiger partial charge is 0.338 e. The number of quaternary nitrogens is 1. The number of hydrogen-bond donors (Lipinski definition) is 1. The molecular weight excluding hydrogens is 344 g/mol. The number of rotatable bonds is 3. The van der Waals surface area contributed by atoms with Crippen LogP contribution in [-0.4, -0.2) is 30.4 Å². The number of carbonyl (C=O) groups is 1. The Hall–Kier alpha value is -1.84. The van der Waals surface area contributed by atoms with E-state index >= 15 is 0 Å². The van der Waals surface area contributed by atoms with Gasteiger partial charge in [0.15, 0.2) is 0 Å². The molecule has 3 nitrogen and oxygen atoms in total. The van der Waals surface area contributed by atoms with Crippen LogP contribution < -0.4 is 4.90 Å². The van der Waals surface area contributed by atoms with Crippen molar-refractivity contribution in [2.24, 2.45) is 5.92 Å². The minimum absolute atomic E-state index is 0.203. The quantitative estimate of drug-likeness (QED) is 0.884. The molecule has 1 saturated heterocycles. The standard InChI is InChI=1S/C22H25ClN2O/c23-21-7-5-17(6-8-21)15-24-12-9-19(10-13-24)22(26)25-14-11-18-3-1-2-4-20(18)16-25/h1-8,19H,9-16H2/p+1.